The average Bonchev–Trinajstić information content (AvgIpc) is 3.31. The Morgan fingerprint density at radius 3 is 2.72 bits per heavy atom. The molecular weight excluding hydrogens is 397 g/mol. The van der Waals surface area contributed by atoms with Crippen LogP contribution in [0, 0.1) is 12.7 Å². The predicted molar refractivity (Wildman–Crippen MR) is 107 cm³/mol. The van der Waals surface area contributed by atoms with Gasteiger partial charge in [0.15, 0.2) is 0 Å². The van der Waals surface area contributed by atoms with Crippen LogP contribution in [0.15, 0.2) is 48.7 Å². The van der Waals surface area contributed by atoms with Crippen molar-refractivity contribution < 1.29 is 22.6 Å². The Balaban J connectivity index is 0.000000170. The molecule has 7 nitrogen and oxygen atoms in total. The highest BCUT2D eigenvalue weighted by molar-refractivity contribution is 7.77. The van der Waals surface area contributed by atoms with Crippen molar-refractivity contribution in [1.82, 2.24) is 14.3 Å². The summed E-state index contributed by atoms with van der Waals surface area (Å²) in [5.74, 6) is 0.509. The van der Waals surface area contributed by atoms with Gasteiger partial charge in [0.25, 0.3) is 6.01 Å². The summed E-state index contributed by atoms with van der Waals surface area (Å²) in [7, 11) is 1.58. The Morgan fingerprint density at radius 2 is 2.07 bits per heavy atom. The zero-order chi connectivity index (χ0) is 20.8. The molecule has 29 heavy (non-hydrogen) atoms. The van der Waals surface area contributed by atoms with Crippen molar-refractivity contribution in [3.05, 3.63) is 65.6 Å². The SMILES string of the molecule is COc1ccc(CNS(=O)[O-])cc1.Cc1ccc(F)c(-c2cn3c(n2)OCC3)c1. The van der Waals surface area contributed by atoms with E-state index in [0.29, 0.717) is 30.4 Å². The molecule has 3 aromatic rings. The number of nitrogens with zero attached hydrogens (tertiary/aromatic N) is 2. The van der Waals surface area contributed by atoms with Crippen molar-refractivity contribution in [2.24, 2.45) is 0 Å². The fraction of sp³-hybridized carbons (Fsp3) is 0.250. The number of aromatic nitrogens is 2. The fourth-order valence-corrected chi connectivity index (χ4v) is 3.04. The minimum atomic E-state index is -2.20. The lowest BCUT2D eigenvalue weighted by molar-refractivity contribution is 0.345. The topological polar surface area (TPSA) is 88.4 Å². The number of nitrogens with one attached hydrogen (secondary N) is 1. The summed E-state index contributed by atoms with van der Waals surface area (Å²) in [6.45, 7) is 3.68. The molecule has 0 spiro atoms. The van der Waals surface area contributed by atoms with Gasteiger partial charge in [-0.2, -0.15) is 4.98 Å². The molecule has 1 aromatic heterocycles. The molecule has 0 amide bonds. The van der Waals surface area contributed by atoms with Crippen LogP contribution >= 0.6 is 0 Å². The molecular formula is C20H21FN3O4S-. The van der Waals surface area contributed by atoms with Crippen LogP contribution in [0.3, 0.4) is 0 Å². The summed E-state index contributed by atoms with van der Waals surface area (Å²) in [4.78, 5) is 4.26. The quantitative estimate of drug-likeness (QED) is 0.644. The van der Waals surface area contributed by atoms with E-state index in [-0.39, 0.29) is 5.82 Å². The Bertz CT molecular complexity index is 970. The van der Waals surface area contributed by atoms with Crippen LogP contribution in [-0.4, -0.2) is 32.0 Å². The monoisotopic (exact) mass is 418 g/mol. The molecule has 0 aliphatic carbocycles. The van der Waals surface area contributed by atoms with Crippen LogP contribution < -0.4 is 14.2 Å². The van der Waals surface area contributed by atoms with E-state index in [1.807, 2.05) is 17.7 Å². The Morgan fingerprint density at radius 1 is 1.31 bits per heavy atom. The van der Waals surface area contributed by atoms with E-state index in [0.717, 1.165) is 23.4 Å². The van der Waals surface area contributed by atoms with Gasteiger partial charge in [-0.25, -0.2) is 9.11 Å². The number of hydrogen-bond donors (Lipinski definition) is 1. The molecule has 2 heterocycles. The van der Waals surface area contributed by atoms with Gasteiger partial charge in [-0.15, -0.1) is 0 Å². The van der Waals surface area contributed by atoms with Gasteiger partial charge in [-0.3, -0.25) is 8.78 Å². The molecule has 1 aliphatic heterocycles. The first-order valence-electron chi connectivity index (χ1n) is 8.88. The third kappa shape index (κ3) is 5.63. The molecule has 0 fully saturated rings. The summed E-state index contributed by atoms with van der Waals surface area (Å²) in [6.07, 6.45) is 1.83. The van der Waals surface area contributed by atoms with Crippen molar-refractivity contribution in [3.8, 4) is 23.0 Å². The molecule has 9 heteroatoms. The van der Waals surface area contributed by atoms with Crippen LogP contribution in [0.25, 0.3) is 11.3 Å². The lowest BCUT2D eigenvalue weighted by atomic mass is 10.1. The van der Waals surface area contributed by atoms with E-state index in [4.69, 9.17) is 9.47 Å². The fourth-order valence-electron chi connectivity index (χ4n) is 2.76. The molecule has 0 bridgehead atoms. The van der Waals surface area contributed by atoms with Gasteiger partial charge < -0.3 is 14.0 Å². The highest BCUT2D eigenvalue weighted by Gasteiger charge is 2.17. The van der Waals surface area contributed by atoms with E-state index >= 15 is 0 Å². The zero-order valence-electron chi connectivity index (χ0n) is 16.1. The van der Waals surface area contributed by atoms with Gasteiger partial charge in [0.1, 0.15) is 18.2 Å². The summed E-state index contributed by atoms with van der Waals surface area (Å²) < 4.78 is 48.4. The van der Waals surface area contributed by atoms with Crippen molar-refractivity contribution >= 4 is 11.3 Å². The molecule has 1 aliphatic rings. The van der Waals surface area contributed by atoms with Gasteiger partial charge in [0.05, 0.1) is 19.3 Å². The molecule has 2 aromatic carbocycles. The predicted octanol–water partition coefficient (Wildman–Crippen LogP) is 2.97. The van der Waals surface area contributed by atoms with Crippen LogP contribution in [0.4, 0.5) is 4.39 Å². The number of benzene rings is 2. The Labute approximate surface area is 170 Å². The number of methoxy groups -OCH3 is 1. The second-order valence-electron chi connectivity index (χ2n) is 6.34. The van der Waals surface area contributed by atoms with Crippen molar-refractivity contribution in [2.75, 3.05) is 13.7 Å². The highest BCUT2D eigenvalue weighted by Crippen LogP contribution is 2.27. The maximum Gasteiger partial charge on any atom is 0.297 e. The van der Waals surface area contributed by atoms with Crippen molar-refractivity contribution in [1.29, 1.82) is 0 Å². The van der Waals surface area contributed by atoms with Gasteiger partial charge in [-0.05, 0) is 36.8 Å². The number of rotatable bonds is 5. The molecule has 1 atom stereocenters. The number of imidazole rings is 1. The second-order valence-corrected chi connectivity index (χ2v) is 7.10. The van der Waals surface area contributed by atoms with E-state index in [1.165, 1.54) is 6.07 Å². The van der Waals surface area contributed by atoms with Gasteiger partial charge in [0, 0.05) is 29.6 Å². The lowest BCUT2D eigenvalue weighted by Crippen LogP contribution is -2.15. The molecule has 154 valence electrons. The van der Waals surface area contributed by atoms with E-state index in [9.17, 15) is 13.2 Å². The minimum Gasteiger partial charge on any atom is -0.760 e. The Hall–Kier alpha value is -2.75. The number of halogens is 1. The molecule has 0 saturated heterocycles. The minimum absolute atomic E-state index is 0.248. The van der Waals surface area contributed by atoms with Crippen molar-refractivity contribution in [3.63, 3.8) is 0 Å². The summed E-state index contributed by atoms with van der Waals surface area (Å²) in [6, 6.07) is 12.8. The molecule has 0 radical (unpaired) electrons. The first-order chi connectivity index (χ1) is 14.0. The average molecular weight is 418 g/mol. The maximum absolute atomic E-state index is 13.6. The number of fused-ring (bicyclic) bond motifs is 1. The number of ether oxygens (including phenoxy) is 2. The zero-order valence-corrected chi connectivity index (χ0v) is 16.9. The van der Waals surface area contributed by atoms with Crippen LogP contribution in [0.5, 0.6) is 11.8 Å². The highest BCUT2D eigenvalue weighted by atomic mass is 32.2. The summed E-state index contributed by atoms with van der Waals surface area (Å²) >= 11 is -2.20. The number of aryl methyl sites for hydroxylation is 1. The van der Waals surface area contributed by atoms with Crippen molar-refractivity contribution in [2.45, 2.75) is 20.0 Å². The van der Waals surface area contributed by atoms with E-state index in [1.54, 1.807) is 43.5 Å². The molecule has 0 saturated carbocycles. The molecule has 1 unspecified atom stereocenters. The summed E-state index contributed by atoms with van der Waals surface area (Å²) in [5, 5.41) is 0. The maximum atomic E-state index is 13.6. The smallest absolute Gasteiger partial charge is 0.297 e. The Kier molecular flexibility index (Phi) is 6.97. The third-order valence-corrected chi connectivity index (χ3v) is 4.63. The number of hydrogen-bond acceptors (Lipinski definition) is 5. The van der Waals surface area contributed by atoms with Crippen LogP contribution in [0.1, 0.15) is 11.1 Å². The lowest BCUT2D eigenvalue weighted by Gasteiger charge is -2.07. The van der Waals surface area contributed by atoms with Crippen LogP contribution in [0.2, 0.25) is 0 Å². The molecule has 1 N–H and O–H groups in total. The van der Waals surface area contributed by atoms with Gasteiger partial charge in [0.2, 0.25) is 0 Å². The normalized spacial score (nSPS) is 13.1. The standard InChI is InChI=1S/C12H11FN2O.C8H11NO3S/c1-8-2-3-10(13)9(6-8)11-7-15-4-5-16-12(15)14-11;1-12-8-4-2-7(3-5-8)6-9-13(10)11/h2-3,6-7H,4-5H2,1H3;2-5,9H,6H2,1H3,(H,10,11)/p-1. The second kappa shape index (κ2) is 9.64. The first kappa shape index (κ1) is 21.0. The van der Waals surface area contributed by atoms with Crippen LogP contribution in [-0.2, 0) is 24.4 Å². The molecule has 4 rings (SSSR count). The largest absolute Gasteiger partial charge is 0.760 e. The summed E-state index contributed by atoms with van der Waals surface area (Å²) in [5.41, 5.74) is 3.08. The van der Waals surface area contributed by atoms with Gasteiger partial charge >= 0.3 is 0 Å². The van der Waals surface area contributed by atoms with E-state index in [2.05, 4.69) is 9.71 Å². The first-order valence-corrected chi connectivity index (χ1v) is 9.96. The third-order valence-electron chi connectivity index (χ3n) is 4.25. The van der Waals surface area contributed by atoms with E-state index < -0.39 is 11.3 Å². The van der Waals surface area contributed by atoms with Gasteiger partial charge in [-0.1, -0.05) is 23.8 Å².